The molecular weight excluding hydrogens is 304 g/mol. The summed E-state index contributed by atoms with van der Waals surface area (Å²) >= 11 is 0. The summed E-state index contributed by atoms with van der Waals surface area (Å²) in [4.78, 5) is 11.4. The molecule has 0 aromatic rings. The molecule has 0 aliphatic rings. The number of allylic oxidation sites excluding steroid dienone is 2. The topological polar surface area (TPSA) is 66.8 Å². The second-order valence-corrected chi connectivity index (χ2v) is 6.50. The molecule has 0 saturated carbocycles. The van der Waals surface area contributed by atoms with Crippen LogP contribution in [-0.2, 0) is 9.53 Å². The number of carbonyl (C=O) groups is 1. The average molecular weight is 343 g/mol. The smallest absolute Gasteiger partial charge is 0.305 e. The molecule has 142 valence electrons. The van der Waals surface area contributed by atoms with E-state index >= 15 is 0 Å². The van der Waals surface area contributed by atoms with Gasteiger partial charge in [0.2, 0.25) is 0 Å². The largest absolute Gasteiger partial charge is 0.463 e. The fourth-order valence-electron chi connectivity index (χ4n) is 2.48. The molecule has 0 spiro atoms. The maximum atomic E-state index is 11.4. The highest BCUT2D eigenvalue weighted by Crippen LogP contribution is 2.09. The van der Waals surface area contributed by atoms with Crippen molar-refractivity contribution in [3.05, 3.63) is 12.2 Å². The molecule has 0 heterocycles. The second kappa shape index (κ2) is 18.5. The Balaban J connectivity index is 3.25. The van der Waals surface area contributed by atoms with Crippen molar-refractivity contribution in [3.8, 4) is 0 Å². The molecule has 0 saturated heterocycles. The van der Waals surface area contributed by atoms with Gasteiger partial charge in [0.05, 0.1) is 6.61 Å². The van der Waals surface area contributed by atoms with Gasteiger partial charge in [0.25, 0.3) is 0 Å². The molecule has 0 aliphatic heterocycles. The minimum absolute atomic E-state index is 0.114. The molecule has 1 atom stereocenters. The summed E-state index contributed by atoms with van der Waals surface area (Å²) in [6.45, 7) is 1.76. The lowest BCUT2D eigenvalue weighted by atomic mass is 10.1. The molecule has 0 fully saturated rings. The summed E-state index contributed by atoms with van der Waals surface area (Å²) in [5.41, 5.74) is 0. The Morgan fingerprint density at radius 3 is 2.04 bits per heavy atom. The Morgan fingerprint density at radius 1 is 0.917 bits per heavy atom. The van der Waals surface area contributed by atoms with Gasteiger partial charge >= 0.3 is 5.97 Å². The quantitative estimate of drug-likeness (QED) is 0.231. The molecule has 2 N–H and O–H groups in total. The molecule has 0 aliphatic carbocycles. The number of rotatable bonds is 17. The van der Waals surface area contributed by atoms with E-state index in [0.717, 1.165) is 25.7 Å². The lowest BCUT2D eigenvalue weighted by Crippen LogP contribution is -2.21. The van der Waals surface area contributed by atoms with Crippen LogP contribution in [0, 0.1) is 0 Å². The zero-order valence-electron chi connectivity index (χ0n) is 15.5. The van der Waals surface area contributed by atoms with Crippen LogP contribution in [0.2, 0.25) is 0 Å². The molecule has 0 unspecified atom stereocenters. The molecule has 24 heavy (non-hydrogen) atoms. The highest BCUT2D eigenvalue weighted by Gasteiger charge is 2.07. The summed E-state index contributed by atoms with van der Waals surface area (Å²) in [5.74, 6) is -0.294. The maximum Gasteiger partial charge on any atom is 0.305 e. The third-order valence-electron chi connectivity index (χ3n) is 4.04. The van der Waals surface area contributed by atoms with Crippen LogP contribution in [0.15, 0.2) is 12.2 Å². The van der Waals surface area contributed by atoms with Crippen molar-refractivity contribution in [2.45, 2.75) is 96.5 Å². The van der Waals surface area contributed by atoms with Crippen molar-refractivity contribution < 1.29 is 19.7 Å². The first-order valence-corrected chi connectivity index (χ1v) is 9.80. The van der Waals surface area contributed by atoms with Crippen molar-refractivity contribution >= 4 is 5.97 Å². The highest BCUT2D eigenvalue weighted by atomic mass is 16.5. The molecular formula is C20H38O4. The van der Waals surface area contributed by atoms with Crippen LogP contribution in [0.3, 0.4) is 0 Å². The van der Waals surface area contributed by atoms with E-state index in [1.54, 1.807) is 0 Å². The van der Waals surface area contributed by atoms with Gasteiger partial charge < -0.3 is 14.9 Å². The van der Waals surface area contributed by atoms with E-state index in [-0.39, 0.29) is 19.2 Å². The number of aliphatic hydroxyl groups excluding tert-OH is 2. The number of aliphatic hydroxyl groups is 2. The number of carbonyl (C=O) groups excluding carboxylic acids is 1. The van der Waals surface area contributed by atoms with E-state index in [4.69, 9.17) is 14.9 Å². The molecule has 0 amide bonds. The Bertz CT molecular complexity index is 302. The SMILES string of the molecule is CCCCCCCCC/C=C/CCCCCC(=O)OC[C@@H](O)CO. The van der Waals surface area contributed by atoms with Gasteiger partial charge in [0, 0.05) is 6.42 Å². The van der Waals surface area contributed by atoms with Gasteiger partial charge in [-0.2, -0.15) is 0 Å². The normalized spacial score (nSPS) is 12.6. The van der Waals surface area contributed by atoms with Gasteiger partial charge in [-0.25, -0.2) is 0 Å². The van der Waals surface area contributed by atoms with Crippen LogP contribution in [0.1, 0.15) is 90.4 Å². The van der Waals surface area contributed by atoms with Gasteiger partial charge in [0.15, 0.2) is 0 Å². The van der Waals surface area contributed by atoms with Crippen molar-refractivity contribution in [1.29, 1.82) is 0 Å². The Hall–Kier alpha value is -0.870. The fourth-order valence-corrected chi connectivity index (χ4v) is 2.48. The molecule has 0 aromatic carbocycles. The van der Waals surface area contributed by atoms with Crippen molar-refractivity contribution in [2.75, 3.05) is 13.2 Å². The van der Waals surface area contributed by atoms with Crippen molar-refractivity contribution in [2.24, 2.45) is 0 Å². The standard InChI is InChI=1S/C20H38O4/c1-2-3-4-5-6-7-8-9-10-11-12-13-14-15-16-20(23)24-18-19(22)17-21/h10-11,19,21-22H,2-9,12-18H2,1H3/b11-10+/t19-/m0/s1. The fraction of sp³-hybridized carbons (Fsp3) is 0.850. The third kappa shape index (κ3) is 17.5. The molecule has 4 nitrogen and oxygen atoms in total. The third-order valence-corrected chi connectivity index (χ3v) is 4.04. The molecule has 0 aromatic heterocycles. The van der Waals surface area contributed by atoms with Crippen LogP contribution >= 0.6 is 0 Å². The first kappa shape index (κ1) is 23.1. The summed E-state index contributed by atoms with van der Waals surface area (Å²) in [6, 6.07) is 0. The number of ether oxygens (including phenoxy) is 1. The van der Waals surface area contributed by atoms with Gasteiger partial charge in [-0.1, -0.05) is 64.0 Å². The van der Waals surface area contributed by atoms with Gasteiger partial charge in [-0.15, -0.1) is 0 Å². The summed E-state index contributed by atoms with van der Waals surface area (Å²) in [7, 11) is 0. The summed E-state index contributed by atoms with van der Waals surface area (Å²) < 4.78 is 4.85. The van der Waals surface area contributed by atoms with E-state index in [1.165, 1.54) is 51.4 Å². The Labute approximate surface area is 148 Å². The number of esters is 1. The molecule has 0 bridgehead atoms. The lowest BCUT2D eigenvalue weighted by molar-refractivity contribution is -0.147. The molecule has 0 rings (SSSR count). The lowest BCUT2D eigenvalue weighted by Gasteiger charge is -2.08. The van der Waals surface area contributed by atoms with Gasteiger partial charge in [0.1, 0.15) is 12.7 Å². The predicted octanol–water partition coefficient (Wildman–Crippen LogP) is 4.53. The molecule has 0 radical (unpaired) electrons. The number of hydrogen-bond donors (Lipinski definition) is 2. The summed E-state index contributed by atoms with van der Waals surface area (Å²) in [5, 5.41) is 17.7. The Kier molecular flexibility index (Phi) is 17.8. The Morgan fingerprint density at radius 2 is 1.46 bits per heavy atom. The zero-order chi connectivity index (χ0) is 17.9. The molecule has 4 heteroatoms. The number of unbranched alkanes of at least 4 members (excludes halogenated alkanes) is 10. The predicted molar refractivity (Wildman–Crippen MR) is 98.9 cm³/mol. The van der Waals surface area contributed by atoms with Crippen LogP contribution in [-0.4, -0.2) is 35.5 Å². The second-order valence-electron chi connectivity index (χ2n) is 6.50. The first-order chi connectivity index (χ1) is 11.7. The van der Waals surface area contributed by atoms with E-state index in [0.29, 0.717) is 6.42 Å². The zero-order valence-corrected chi connectivity index (χ0v) is 15.5. The van der Waals surface area contributed by atoms with E-state index < -0.39 is 6.10 Å². The highest BCUT2D eigenvalue weighted by molar-refractivity contribution is 5.69. The minimum atomic E-state index is -0.963. The monoisotopic (exact) mass is 342 g/mol. The van der Waals surface area contributed by atoms with Gasteiger partial charge in [-0.3, -0.25) is 4.79 Å². The summed E-state index contributed by atoms with van der Waals surface area (Å²) in [6.07, 6.45) is 18.7. The maximum absolute atomic E-state index is 11.4. The van der Waals surface area contributed by atoms with Crippen LogP contribution in [0.4, 0.5) is 0 Å². The van der Waals surface area contributed by atoms with Crippen LogP contribution in [0.5, 0.6) is 0 Å². The van der Waals surface area contributed by atoms with Gasteiger partial charge in [-0.05, 0) is 32.1 Å². The first-order valence-electron chi connectivity index (χ1n) is 9.80. The van der Waals surface area contributed by atoms with Crippen molar-refractivity contribution in [1.82, 2.24) is 0 Å². The van der Waals surface area contributed by atoms with E-state index in [9.17, 15) is 4.79 Å². The number of hydrogen-bond acceptors (Lipinski definition) is 4. The van der Waals surface area contributed by atoms with E-state index in [2.05, 4.69) is 19.1 Å². The van der Waals surface area contributed by atoms with Crippen LogP contribution < -0.4 is 0 Å². The van der Waals surface area contributed by atoms with Crippen molar-refractivity contribution in [3.63, 3.8) is 0 Å². The van der Waals surface area contributed by atoms with Crippen LogP contribution in [0.25, 0.3) is 0 Å². The van der Waals surface area contributed by atoms with E-state index in [1.807, 2.05) is 0 Å². The minimum Gasteiger partial charge on any atom is -0.463 e. The average Bonchev–Trinajstić information content (AvgIpc) is 2.59.